The van der Waals surface area contributed by atoms with Crippen LogP contribution in [0.2, 0.25) is 0 Å². The number of nitrogens with two attached hydrogens (primary N) is 1. The van der Waals surface area contributed by atoms with Gasteiger partial charge in [-0.1, -0.05) is 18.2 Å². The van der Waals surface area contributed by atoms with Gasteiger partial charge in [0, 0.05) is 23.8 Å². The number of anilines is 1. The lowest BCUT2D eigenvalue weighted by Crippen LogP contribution is -2.20. The van der Waals surface area contributed by atoms with E-state index in [1.54, 1.807) is 0 Å². The Morgan fingerprint density at radius 1 is 0.950 bits per heavy atom. The minimum Gasteiger partial charge on any atom is -0.384 e. The summed E-state index contributed by atoms with van der Waals surface area (Å²) in [4.78, 5) is 4.37. The lowest BCUT2D eigenvalue weighted by atomic mass is 10.2. The molecule has 0 bridgehead atoms. The molecule has 1 aromatic heterocycles. The Labute approximate surface area is 120 Å². The van der Waals surface area contributed by atoms with E-state index < -0.39 is 0 Å². The van der Waals surface area contributed by atoms with Gasteiger partial charge in [0.1, 0.15) is 0 Å². The van der Waals surface area contributed by atoms with E-state index in [0.717, 1.165) is 44.5 Å². The van der Waals surface area contributed by atoms with Crippen molar-refractivity contribution in [2.45, 2.75) is 19.3 Å². The fourth-order valence-corrected chi connectivity index (χ4v) is 2.21. The van der Waals surface area contributed by atoms with E-state index in [-0.39, 0.29) is 0 Å². The van der Waals surface area contributed by atoms with Crippen LogP contribution in [0.15, 0.2) is 36.5 Å². The quantitative estimate of drug-likeness (QED) is 0.613. The third kappa shape index (κ3) is 4.47. The normalized spacial score (nSPS) is 10.8. The number of pyridine rings is 1. The van der Waals surface area contributed by atoms with Gasteiger partial charge >= 0.3 is 0 Å². The first-order valence-corrected chi connectivity index (χ1v) is 7.40. The zero-order valence-corrected chi connectivity index (χ0v) is 11.9. The molecule has 20 heavy (non-hydrogen) atoms. The van der Waals surface area contributed by atoms with Gasteiger partial charge in [0.15, 0.2) is 0 Å². The number of aromatic nitrogens is 1. The molecule has 4 N–H and O–H groups in total. The standard InChI is InChI=1S/C16H24N4/c17-9-3-4-10-18-11-5-12-19-16-8-13-20-15-7-2-1-6-14(15)16/h1-2,6-8,13,18H,3-5,9-12,17H2,(H,19,20). The molecule has 2 aromatic rings. The van der Waals surface area contributed by atoms with Crippen molar-refractivity contribution in [3.05, 3.63) is 36.5 Å². The summed E-state index contributed by atoms with van der Waals surface area (Å²) in [6.07, 6.45) is 5.24. The minimum absolute atomic E-state index is 0.790. The molecule has 1 aromatic carbocycles. The average molecular weight is 272 g/mol. The van der Waals surface area contributed by atoms with Crippen LogP contribution >= 0.6 is 0 Å². The van der Waals surface area contributed by atoms with E-state index in [1.165, 1.54) is 17.5 Å². The van der Waals surface area contributed by atoms with Crippen LogP contribution in [-0.4, -0.2) is 31.2 Å². The molecule has 0 spiro atoms. The number of benzene rings is 1. The van der Waals surface area contributed by atoms with E-state index in [2.05, 4.69) is 21.7 Å². The van der Waals surface area contributed by atoms with Crippen molar-refractivity contribution in [2.24, 2.45) is 5.73 Å². The molecule has 2 rings (SSSR count). The van der Waals surface area contributed by atoms with Gasteiger partial charge in [0.2, 0.25) is 0 Å². The second-order valence-corrected chi connectivity index (χ2v) is 4.90. The molecule has 108 valence electrons. The van der Waals surface area contributed by atoms with Crippen molar-refractivity contribution in [3.63, 3.8) is 0 Å². The zero-order valence-electron chi connectivity index (χ0n) is 11.9. The van der Waals surface area contributed by atoms with Crippen molar-refractivity contribution in [3.8, 4) is 0 Å². The van der Waals surface area contributed by atoms with E-state index >= 15 is 0 Å². The Hall–Kier alpha value is -1.65. The molecule has 0 unspecified atom stereocenters. The third-order valence-corrected chi connectivity index (χ3v) is 3.30. The van der Waals surface area contributed by atoms with E-state index in [4.69, 9.17) is 5.73 Å². The average Bonchev–Trinajstić information content (AvgIpc) is 2.50. The van der Waals surface area contributed by atoms with Crippen LogP contribution in [0.4, 0.5) is 5.69 Å². The number of rotatable bonds is 9. The molecular formula is C16H24N4. The summed E-state index contributed by atoms with van der Waals surface area (Å²) < 4.78 is 0. The SMILES string of the molecule is NCCCCNCCCNc1ccnc2ccccc12. The Morgan fingerprint density at radius 3 is 2.70 bits per heavy atom. The Balaban J connectivity index is 1.71. The summed E-state index contributed by atoms with van der Waals surface area (Å²) >= 11 is 0. The van der Waals surface area contributed by atoms with Crippen LogP contribution in [-0.2, 0) is 0 Å². The van der Waals surface area contributed by atoms with Gasteiger partial charge in [0.25, 0.3) is 0 Å². The molecule has 0 fully saturated rings. The summed E-state index contributed by atoms with van der Waals surface area (Å²) in [5.74, 6) is 0. The summed E-state index contributed by atoms with van der Waals surface area (Å²) in [5, 5.41) is 8.11. The maximum absolute atomic E-state index is 5.46. The van der Waals surface area contributed by atoms with E-state index in [9.17, 15) is 0 Å². The molecule has 4 nitrogen and oxygen atoms in total. The predicted molar refractivity (Wildman–Crippen MR) is 86.0 cm³/mol. The first kappa shape index (κ1) is 14.8. The van der Waals surface area contributed by atoms with Gasteiger partial charge in [-0.05, 0) is 51.0 Å². The monoisotopic (exact) mass is 272 g/mol. The smallest absolute Gasteiger partial charge is 0.0722 e. The van der Waals surface area contributed by atoms with Gasteiger partial charge in [-0.25, -0.2) is 0 Å². The van der Waals surface area contributed by atoms with E-state index in [0.29, 0.717) is 0 Å². The maximum Gasteiger partial charge on any atom is 0.0722 e. The topological polar surface area (TPSA) is 63.0 Å². The number of nitrogens with one attached hydrogen (secondary N) is 2. The van der Waals surface area contributed by atoms with Crippen LogP contribution in [0.3, 0.4) is 0 Å². The highest BCUT2D eigenvalue weighted by molar-refractivity contribution is 5.90. The molecule has 0 aliphatic carbocycles. The van der Waals surface area contributed by atoms with Crippen molar-refractivity contribution in [1.82, 2.24) is 10.3 Å². The second kappa shape index (κ2) is 8.51. The van der Waals surface area contributed by atoms with Crippen LogP contribution in [0.25, 0.3) is 10.9 Å². The number of para-hydroxylation sites is 1. The Morgan fingerprint density at radius 2 is 1.80 bits per heavy atom. The molecule has 4 heteroatoms. The minimum atomic E-state index is 0.790. The summed E-state index contributed by atoms with van der Waals surface area (Å²) in [5.41, 5.74) is 7.66. The number of unbranched alkanes of at least 4 members (excludes halogenated alkanes) is 1. The number of nitrogens with zero attached hydrogens (tertiary/aromatic N) is 1. The number of hydrogen-bond acceptors (Lipinski definition) is 4. The highest BCUT2D eigenvalue weighted by Gasteiger charge is 1.99. The summed E-state index contributed by atoms with van der Waals surface area (Å²) in [7, 11) is 0. The van der Waals surface area contributed by atoms with Gasteiger partial charge in [0.05, 0.1) is 5.52 Å². The van der Waals surface area contributed by atoms with Gasteiger partial charge in [-0.2, -0.15) is 0 Å². The van der Waals surface area contributed by atoms with Gasteiger partial charge in [-0.3, -0.25) is 4.98 Å². The molecule has 0 radical (unpaired) electrons. The van der Waals surface area contributed by atoms with Crippen molar-refractivity contribution in [1.29, 1.82) is 0 Å². The molecular weight excluding hydrogens is 248 g/mol. The van der Waals surface area contributed by atoms with Crippen LogP contribution in [0.5, 0.6) is 0 Å². The third-order valence-electron chi connectivity index (χ3n) is 3.30. The summed E-state index contributed by atoms with van der Waals surface area (Å²) in [6, 6.07) is 10.3. The first-order chi connectivity index (χ1) is 9.92. The second-order valence-electron chi connectivity index (χ2n) is 4.90. The van der Waals surface area contributed by atoms with Crippen molar-refractivity contribution >= 4 is 16.6 Å². The van der Waals surface area contributed by atoms with Gasteiger partial charge < -0.3 is 16.4 Å². The molecule has 0 saturated carbocycles. The van der Waals surface area contributed by atoms with Crippen LogP contribution in [0, 0.1) is 0 Å². The molecule has 0 atom stereocenters. The maximum atomic E-state index is 5.46. The Bertz CT molecular complexity index is 507. The summed E-state index contributed by atoms with van der Waals surface area (Å²) in [6.45, 7) is 3.87. The van der Waals surface area contributed by atoms with Crippen molar-refractivity contribution in [2.75, 3.05) is 31.5 Å². The van der Waals surface area contributed by atoms with Crippen LogP contribution in [0.1, 0.15) is 19.3 Å². The zero-order chi connectivity index (χ0) is 14.0. The fourth-order valence-electron chi connectivity index (χ4n) is 2.21. The van der Waals surface area contributed by atoms with Crippen molar-refractivity contribution < 1.29 is 0 Å². The van der Waals surface area contributed by atoms with Gasteiger partial charge in [-0.15, -0.1) is 0 Å². The highest BCUT2D eigenvalue weighted by Crippen LogP contribution is 2.20. The number of fused-ring (bicyclic) bond motifs is 1. The fraction of sp³-hybridized carbons (Fsp3) is 0.438. The molecule has 0 aliphatic rings. The molecule has 0 saturated heterocycles. The first-order valence-electron chi connectivity index (χ1n) is 7.40. The molecule has 0 aliphatic heterocycles. The lowest BCUT2D eigenvalue weighted by Gasteiger charge is -2.09. The highest BCUT2D eigenvalue weighted by atomic mass is 14.9. The molecule has 1 heterocycles. The number of hydrogen-bond donors (Lipinski definition) is 3. The Kier molecular flexibility index (Phi) is 6.27. The van der Waals surface area contributed by atoms with Crippen LogP contribution < -0.4 is 16.4 Å². The van der Waals surface area contributed by atoms with E-state index in [1.807, 2.05) is 30.5 Å². The lowest BCUT2D eigenvalue weighted by molar-refractivity contribution is 0.615. The molecule has 0 amide bonds. The predicted octanol–water partition coefficient (Wildman–Crippen LogP) is 2.37. The largest absolute Gasteiger partial charge is 0.384 e.